The smallest absolute Gasteiger partial charge is 0.357 e. The molecule has 4 aromatic carbocycles. The fraction of sp³-hybridized carbons (Fsp3) is 0.195. The number of anilines is 2. The molecule has 0 aliphatic carbocycles. The number of rotatable bonds is 12. The van der Waals surface area contributed by atoms with Crippen LogP contribution in [-0.2, 0) is 31.9 Å². The standard InChI is InChI=1S/C41H39N3O6/c1-26-18-27(2)21-32(20-26)42-38(45)36(24-30-12-7-5-8-13-30)49-40(47)34-16-11-17-35(44-34)41(48)50-37(25-31-14-9-6-10-15-31)39(46)43-33-22-28(3)19-29(4)23-33/h5-23,36-37H,24-25H2,1-4H3,(H,42,45)(H,43,46)/t36-,37-/m0/s1. The van der Waals surface area contributed by atoms with Crippen molar-refractivity contribution >= 4 is 35.1 Å². The fourth-order valence-electron chi connectivity index (χ4n) is 5.61. The van der Waals surface area contributed by atoms with Gasteiger partial charge in [-0.05, 0) is 97.5 Å². The van der Waals surface area contributed by atoms with Crippen LogP contribution in [0.15, 0.2) is 115 Å². The van der Waals surface area contributed by atoms with Crippen LogP contribution < -0.4 is 10.6 Å². The summed E-state index contributed by atoms with van der Waals surface area (Å²) in [6, 6.07) is 33.9. The van der Waals surface area contributed by atoms with Crippen LogP contribution in [0.2, 0.25) is 0 Å². The zero-order valence-electron chi connectivity index (χ0n) is 28.4. The predicted octanol–water partition coefficient (Wildman–Crippen LogP) is 7.13. The molecule has 2 N–H and O–H groups in total. The first kappa shape index (κ1) is 35.2. The number of benzene rings is 4. The zero-order valence-corrected chi connectivity index (χ0v) is 28.4. The number of aromatic nitrogens is 1. The van der Waals surface area contributed by atoms with Crippen molar-refractivity contribution in [2.24, 2.45) is 0 Å². The second kappa shape index (κ2) is 16.3. The lowest BCUT2D eigenvalue weighted by Crippen LogP contribution is -2.35. The van der Waals surface area contributed by atoms with Crippen LogP contribution in [0.1, 0.15) is 54.4 Å². The molecule has 9 heteroatoms. The first-order chi connectivity index (χ1) is 24.0. The van der Waals surface area contributed by atoms with Crippen molar-refractivity contribution in [2.75, 3.05) is 10.6 Å². The average molecular weight is 670 g/mol. The normalized spacial score (nSPS) is 11.9. The number of nitrogens with one attached hydrogen (secondary N) is 2. The zero-order chi connectivity index (χ0) is 35.6. The van der Waals surface area contributed by atoms with Crippen molar-refractivity contribution in [3.8, 4) is 0 Å². The molecule has 5 rings (SSSR count). The molecule has 2 atom stereocenters. The van der Waals surface area contributed by atoms with Crippen LogP contribution in [0.5, 0.6) is 0 Å². The third kappa shape index (κ3) is 9.96. The van der Waals surface area contributed by atoms with E-state index >= 15 is 0 Å². The molecule has 0 spiro atoms. The van der Waals surface area contributed by atoms with E-state index in [-0.39, 0.29) is 24.2 Å². The van der Waals surface area contributed by atoms with Crippen molar-refractivity contribution in [1.29, 1.82) is 0 Å². The molecule has 0 aliphatic heterocycles. The first-order valence-corrected chi connectivity index (χ1v) is 16.3. The van der Waals surface area contributed by atoms with Gasteiger partial charge < -0.3 is 20.1 Å². The Morgan fingerprint density at radius 1 is 0.520 bits per heavy atom. The SMILES string of the molecule is Cc1cc(C)cc(NC(=O)[C@H](Cc2ccccc2)OC(=O)c2cccc(C(=O)O[C@@H](Cc3ccccc3)C(=O)Nc3cc(C)cc(C)c3)n2)c1. The van der Waals surface area contributed by atoms with E-state index in [0.29, 0.717) is 11.4 Å². The van der Waals surface area contributed by atoms with Crippen LogP contribution in [0.25, 0.3) is 0 Å². The van der Waals surface area contributed by atoms with E-state index in [1.165, 1.54) is 18.2 Å². The highest BCUT2D eigenvalue weighted by Gasteiger charge is 2.28. The second-order valence-corrected chi connectivity index (χ2v) is 12.3. The Kier molecular flexibility index (Phi) is 11.5. The average Bonchev–Trinajstić information content (AvgIpc) is 3.07. The number of nitrogens with zero attached hydrogens (tertiary/aromatic N) is 1. The third-order valence-corrected chi connectivity index (χ3v) is 7.76. The minimum absolute atomic E-state index is 0.113. The minimum atomic E-state index is -1.20. The summed E-state index contributed by atoms with van der Waals surface area (Å²) in [6.45, 7) is 7.70. The molecular formula is C41H39N3O6. The second-order valence-electron chi connectivity index (χ2n) is 12.3. The van der Waals surface area contributed by atoms with E-state index in [0.717, 1.165) is 33.4 Å². The maximum Gasteiger partial charge on any atom is 0.357 e. The third-order valence-electron chi connectivity index (χ3n) is 7.76. The van der Waals surface area contributed by atoms with Gasteiger partial charge in [-0.15, -0.1) is 0 Å². The lowest BCUT2D eigenvalue weighted by atomic mass is 10.1. The predicted molar refractivity (Wildman–Crippen MR) is 192 cm³/mol. The topological polar surface area (TPSA) is 124 Å². The van der Waals surface area contributed by atoms with Gasteiger partial charge in [-0.1, -0.05) is 78.9 Å². The van der Waals surface area contributed by atoms with Crippen molar-refractivity contribution in [1.82, 2.24) is 4.98 Å². The molecule has 5 aromatic rings. The minimum Gasteiger partial charge on any atom is -0.447 e. The maximum atomic E-state index is 13.5. The van der Waals surface area contributed by atoms with Crippen LogP contribution in [0.4, 0.5) is 11.4 Å². The lowest BCUT2D eigenvalue weighted by Gasteiger charge is -2.19. The largest absolute Gasteiger partial charge is 0.447 e. The van der Waals surface area contributed by atoms with Gasteiger partial charge in [-0.25, -0.2) is 14.6 Å². The summed E-state index contributed by atoms with van der Waals surface area (Å²) >= 11 is 0. The Labute approximate surface area is 291 Å². The van der Waals surface area contributed by atoms with Gasteiger partial charge >= 0.3 is 11.9 Å². The van der Waals surface area contributed by atoms with E-state index < -0.39 is 36.0 Å². The number of carbonyl (C=O) groups is 4. The monoisotopic (exact) mass is 669 g/mol. The molecule has 0 saturated heterocycles. The molecular weight excluding hydrogens is 630 g/mol. The maximum absolute atomic E-state index is 13.5. The van der Waals surface area contributed by atoms with E-state index in [2.05, 4.69) is 15.6 Å². The number of amides is 2. The molecule has 254 valence electrons. The Bertz CT molecular complexity index is 1810. The molecule has 1 heterocycles. The summed E-state index contributed by atoms with van der Waals surface area (Å²) in [5, 5.41) is 5.71. The summed E-state index contributed by atoms with van der Waals surface area (Å²) in [4.78, 5) is 58.0. The quantitative estimate of drug-likeness (QED) is 0.136. The van der Waals surface area contributed by atoms with Crippen LogP contribution in [0.3, 0.4) is 0 Å². The van der Waals surface area contributed by atoms with Gasteiger partial charge in [0.2, 0.25) is 0 Å². The number of hydrogen-bond donors (Lipinski definition) is 2. The Morgan fingerprint density at radius 2 is 0.880 bits per heavy atom. The van der Waals surface area contributed by atoms with Crippen LogP contribution >= 0.6 is 0 Å². The first-order valence-electron chi connectivity index (χ1n) is 16.3. The molecule has 0 aliphatic rings. The lowest BCUT2D eigenvalue weighted by molar-refractivity contribution is -0.125. The van der Waals surface area contributed by atoms with E-state index in [4.69, 9.17) is 9.47 Å². The van der Waals surface area contributed by atoms with Gasteiger partial charge in [0.1, 0.15) is 11.4 Å². The van der Waals surface area contributed by atoms with E-state index in [9.17, 15) is 19.2 Å². The van der Waals surface area contributed by atoms with Gasteiger partial charge in [0.25, 0.3) is 11.8 Å². The molecule has 2 amide bonds. The van der Waals surface area contributed by atoms with Gasteiger partial charge in [-0.3, -0.25) is 9.59 Å². The molecule has 0 bridgehead atoms. The van der Waals surface area contributed by atoms with Crippen molar-refractivity contribution in [3.63, 3.8) is 0 Å². The molecule has 0 saturated carbocycles. The van der Waals surface area contributed by atoms with Crippen molar-refractivity contribution in [3.05, 3.63) is 160 Å². The molecule has 0 radical (unpaired) electrons. The molecule has 9 nitrogen and oxygen atoms in total. The summed E-state index contributed by atoms with van der Waals surface area (Å²) in [6.07, 6.45) is -2.18. The summed E-state index contributed by atoms with van der Waals surface area (Å²) in [5.41, 5.74) is 6.22. The Balaban J connectivity index is 1.33. The Hall–Kier alpha value is -6.09. The summed E-state index contributed by atoms with van der Waals surface area (Å²) in [5.74, 6) is -2.82. The Morgan fingerprint density at radius 3 is 1.24 bits per heavy atom. The van der Waals surface area contributed by atoms with Crippen molar-refractivity contribution < 1.29 is 28.7 Å². The molecule has 0 unspecified atom stereocenters. The van der Waals surface area contributed by atoms with E-state index in [1.54, 1.807) is 0 Å². The number of aryl methyl sites for hydroxylation is 4. The van der Waals surface area contributed by atoms with E-state index in [1.807, 2.05) is 125 Å². The summed E-state index contributed by atoms with van der Waals surface area (Å²) in [7, 11) is 0. The van der Waals surface area contributed by atoms with Crippen LogP contribution in [-0.4, -0.2) is 40.9 Å². The fourth-order valence-corrected chi connectivity index (χ4v) is 5.61. The van der Waals surface area contributed by atoms with Gasteiger partial charge in [0.15, 0.2) is 12.2 Å². The van der Waals surface area contributed by atoms with Gasteiger partial charge in [-0.2, -0.15) is 0 Å². The number of ether oxygens (including phenoxy) is 2. The molecule has 1 aromatic heterocycles. The molecule has 50 heavy (non-hydrogen) atoms. The number of esters is 2. The highest BCUT2D eigenvalue weighted by atomic mass is 16.6. The van der Waals surface area contributed by atoms with Gasteiger partial charge in [0.05, 0.1) is 0 Å². The highest BCUT2D eigenvalue weighted by molar-refractivity contribution is 5.99. The number of pyridine rings is 1. The number of hydrogen-bond acceptors (Lipinski definition) is 7. The molecule has 0 fully saturated rings. The van der Waals surface area contributed by atoms with Gasteiger partial charge in [0, 0.05) is 24.2 Å². The van der Waals surface area contributed by atoms with Crippen molar-refractivity contribution in [2.45, 2.75) is 52.7 Å². The van der Waals surface area contributed by atoms with Crippen LogP contribution in [0, 0.1) is 27.7 Å². The highest BCUT2D eigenvalue weighted by Crippen LogP contribution is 2.19. The number of carbonyl (C=O) groups excluding carboxylic acids is 4. The summed E-state index contributed by atoms with van der Waals surface area (Å²) < 4.78 is 11.4.